The first kappa shape index (κ1) is 17.0. The first-order valence-electron chi connectivity index (χ1n) is 4.09. The van der Waals surface area contributed by atoms with Gasteiger partial charge in [-0.3, -0.25) is 9.11 Å². The average Bonchev–Trinajstić information content (AvgIpc) is 1.97. The summed E-state index contributed by atoms with van der Waals surface area (Å²) in [4.78, 5) is -0.755. The van der Waals surface area contributed by atoms with E-state index >= 15 is 0 Å². The van der Waals surface area contributed by atoms with Crippen LogP contribution in [-0.4, -0.2) is 25.9 Å². The number of rotatable bonds is 2. The van der Waals surface area contributed by atoms with Crippen LogP contribution in [-0.2, 0) is 20.2 Å². The van der Waals surface area contributed by atoms with E-state index in [1.165, 1.54) is 13.8 Å². The largest absolute Gasteiger partial charge is 1.00 e. The summed E-state index contributed by atoms with van der Waals surface area (Å²) in [7, 11) is -8.79. The Morgan fingerprint density at radius 3 is 1.53 bits per heavy atom. The maximum atomic E-state index is 11.0. The Balaban J connectivity index is 0. The smallest absolute Gasteiger partial charge is 1.00 e. The van der Waals surface area contributed by atoms with Crippen LogP contribution in [0.5, 0.6) is 0 Å². The average molecular weight is 290 g/mol. The molecule has 1 aromatic rings. The SMILES string of the molecule is Cc1cc(S(=O)(=O)O)cc(C)c1S(=O)(=O)O.[H-].[Na+]. The van der Waals surface area contributed by atoms with E-state index in [0.29, 0.717) is 0 Å². The van der Waals surface area contributed by atoms with Crippen molar-refractivity contribution in [3.63, 3.8) is 0 Å². The first-order chi connectivity index (χ1) is 7.03. The molecule has 92 valence electrons. The summed E-state index contributed by atoms with van der Waals surface area (Å²) in [5.74, 6) is 0. The second-order valence-electron chi connectivity index (χ2n) is 3.34. The fourth-order valence-electron chi connectivity index (χ4n) is 1.47. The van der Waals surface area contributed by atoms with Gasteiger partial charge in [-0.2, -0.15) is 16.8 Å². The molecule has 0 aliphatic carbocycles. The van der Waals surface area contributed by atoms with E-state index in [9.17, 15) is 16.8 Å². The van der Waals surface area contributed by atoms with Gasteiger partial charge in [0.15, 0.2) is 0 Å². The molecule has 0 amide bonds. The Kier molecular flexibility index (Phi) is 5.36. The van der Waals surface area contributed by atoms with Gasteiger partial charge in [-0.05, 0) is 37.1 Å². The van der Waals surface area contributed by atoms with Crippen LogP contribution >= 0.6 is 0 Å². The van der Waals surface area contributed by atoms with Gasteiger partial charge in [0, 0.05) is 0 Å². The monoisotopic (exact) mass is 290 g/mol. The van der Waals surface area contributed by atoms with E-state index in [-0.39, 0.29) is 47.0 Å². The third-order valence-electron chi connectivity index (χ3n) is 1.99. The van der Waals surface area contributed by atoms with Crippen molar-refractivity contribution in [1.82, 2.24) is 0 Å². The molecule has 0 heterocycles. The molecule has 0 atom stereocenters. The summed E-state index contributed by atoms with van der Waals surface area (Å²) in [6.07, 6.45) is 0. The maximum absolute atomic E-state index is 11.0. The van der Waals surface area contributed by atoms with E-state index in [4.69, 9.17) is 9.11 Å². The van der Waals surface area contributed by atoms with Crippen LogP contribution in [0.2, 0.25) is 0 Å². The second kappa shape index (κ2) is 5.35. The molecular weight excluding hydrogens is 279 g/mol. The molecule has 0 radical (unpaired) electrons. The Morgan fingerprint density at radius 1 is 0.941 bits per heavy atom. The third kappa shape index (κ3) is 4.02. The molecule has 0 bridgehead atoms. The summed E-state index contributed by atoms with van der Waals surface area (Å²) in [5.41, 5.74) is 0.102. The summed E-state index contributed by atoms with van der Waals surface area (Å²) in [6.45, 7) is 2.65. The van der Waals surface area contributed by atoms with Crippen LogP contribution < -0.4 is 29.6 Å². The van der Waals surface area contributed by atoms with Gasteiger partial charge in [0.25, 0.3) is 20.2 Å². The summed E-state index contributed by atoms with van der Waals surface area (Å²) < 4.78 is 61.3. The Morgan fingerprint density at radius 2 is 1.29 bits per heavy atom. The van der Waals surface area contributed by atoms with Gasteiger partial charge in [-0.15, -0.1) is 0 Å². The van der Waals surface area contributed by atoms with E-state index in [0.717, 1.165) is 12.1 Å². The van der Waals surface area contributed by atoms with Gasteiger partial charge >= 0.3 is 29.6 Å². The number of aryl methyl sites for hydroxylation is 2. The molecular formula is C8H11NaO6S2. The second-order valence-corrected chi connectivity index (χ2v) is 6.12. The molecule has 0 saturated heterocycles. The van der Waals surface area contributed by atoms with Crippen LogP contribution in [0.15, 0.2) is 21.9 Å². The zero-order valence-corrected chi connectivity index (χ0v) is 13.1. The van der Waals surface area contributed by atoms with E-state index in [1.807, 2.05) is 0 Å². The summed E-state index contributed by atoms with van der Waals surface area (Å²) in [5, 5.41) is 0. The van der Waals surface area contributed by atoms with E-state index < -0.39 is 25.1 Å². The molecule has 0 unspecified atom stereocenters. The molecule has 0 aliphatic heterocycles. The normalized spacial score (nSPS) is 12.0. The number of hydrogen-bond donors (Lipinski definition) is 2. The van der Waals surface area contributed by atoms with Gasteiger partial charge in [-0.1, -0.05) is 0 Å². The minimum Gasteiger partial charge on any atom is -1.00 e. The van der Waals surface area contributed by atoms with Crippen LogP contribution in [0, 0.1) is 13.8 Å². The molecule has 6 nitrogen and oxygen atoms in total. The zero-order chi connectivity index (χ0) is 12.7. The molecule has 2 N–H and O–H groups in total. The van der Waals surface area contributed by atoms with Crippen molar-refractivity contribution >= 4 is 20.2 Å². The number of hydrogen-bond acceptors (Lipinski definition) is 4. The van der Waals surface area contributed by atoms with Crippen LogP contribution in [0.25, 0.3) is 0 Å². The van der Waals surface area contributed by atoms with Crippen molar-refractivity contribution in [2.75, 3.05) is 0 Å². The first-order valence-corrected chi connectivity index (χ1v) is 6.97. The predicted molar refractivity (Wildman–Crippen MR) is 56.7 cm³/mol. The molecule has 0 aromatic heterocycles. The summed E-state index contributed by atoms with van der Waals surface area (Å²) >= 11 is 0. The van der Waals surface area contributed by atoms with Crippen molar-refractivity contribution < 1.29 is 56.9 Å². The predicted octanol–water partition coefficient (Wildman–Crippen LogP) is -2.09. The number of benzene rings is 1. The van der Waals surface area contributed by atoms with E-state index in [1.54, 1.807) is 0 Å². The Labute approximate surface area is 123 Å². The topological polar surface area (TPSA) is 109 Å². The van der Waals surface area contributed by atoms with Crippen LogP contribution in [0.1, 0.15) is 12.6 Å². The fourth-order valence-corrected chi connectivity index (χ4v) is 3.05. The van der Waals surface area contributed by atoms with Crippen molar-refractivity contribution in [2.24, 2.45) is 0 Å². The Bertz CT molecular complexity index is 615. The maximum Gasteiger partial charge on any atom is 1.00 e. The molecule has 1 aromatic carbocycles. The molecule has 1 rings (SSSR count). The summed E-state index contributed by atoms with van der Waals surface area (Å²) in [6, 6.07) is 1.96. The standard InChI is InChI=1S/C8H10O6S2.Na.H/c1-5-3-7(15(9,10)11)4-6(2)8(5)16(12,13)14;;/h3-4H,1-2H3,(H,9,10,11)(H,12,13,14);;/q;+1;-1. The molecule has 0 saturated carbocycles. The minimum absolute atomic E-state index is 0. The van der Waals surface area contributed by atoms with Crippen LogP contribution in [0.3, 0.4) is 0 Å². The van der Waals surface area contributed by atoms with E-state index in [2.05, 4.69) is 0 Å². The molecule has 17 heavy (non-hydrogen) atoms. The van der Waals surface area contributed by atoms with Crippen molar-refractivity contribution in [1.29, 1.82) is 0 Å². The minimum atomic E-state index is -4.40. The quantitative estimate of drug-likeness (QED) is 0.478. The van der Waals surface area contributed by atoms with Gasteiger partial charge < -0.3 is 1.43 Å². The van der Waals surface area contributed by atoms with Gasteiger partial charge in [-0.25, -0.2) is 0 Å². The van der Waals surface area contributed by atoms with Gasteiger partial charge in [0.2, 0.25) is 0 Å². The Hall–Kier alpha value is 0.0400. The van der Waals surface area contributed by atoms with Crippen LogP contribution in [0.4, 0.5) is 0 Å². The van der Waals surface area contributed by atoms with Crippen molar-refractivity contribution in [2.45, 2.75) is 23.6 Å². The van der Waals surface area contributed by atoms with Crippen molar-refractivity contribution in [3.8, 4) is 0 Å². The molecule has 9 heteroatoms. The molecule has 0 spiro atoms. The fraction of sp³-hybridized carbons (Fsp3) is 0.250. The molecule has 0 aliphatic rings. The molecule has 0 fully saturated rings. The van der Waals surface area contributed by atoms with Gasteiger partial charge in [0.1, 0.15) is 0 Å². The third-order valence-corrected chi connectivity index (χ3v) is 3.98. The van der Waals surface area contributed by atoms with Gasteiger partial charge in [0.05, 0.1) is 9.79 Å². The zero-order valence-electron chi connectivity index (χ0n) is 10.5. The van der Waals surface area contributed by atoms with Crippen molar-refractivity contribution in [3.05, 3.63) is 23.3 Å².